The van der Waals surface area contributed by atoms with E-state index in [1.54, 1.807) is 47.3 Å². The minimum Gasteiger partial charge on any atom is -0.495 e. The van der Waals surface area contributed by atoms with Gasteiger partial charge in [0, 0.05) is 4.88 Å². The quantitative estimate of drug-likeness (QED) is 0.473. The highest BCUT2D eigenvalue weighted by Gasteiger charge is 2.12. The van der Waals surface area contributed by atoms with Gasteiger partial charge in [-0.2, -0.15) is 0 Å². The predicted molar refractivity (Wildman–Crippen MR) is 112 cm³/mol. The second kappa shape index (κ2) is 7.39. The molecule has 134 valence electrons. The summed E-state index contributed by atoms with van der Waals surface area (Å²) in [6, 6.07) is 16.6. The number of fused-ring (bicyclic) bond motifs is 1. The van der Waals surface area contributed by atoms with E-state index < -0.39 is 0 Å². The minimum absolute atomic E-state index is 0.146. The molecule has 0 N–H and O–H groups in total. The molecule has 0 spiro atoms. The van der Waals surface area contributed by atoms with Crippen LogP contribution in [0.5, 0.6) is 5.75 Å². The Labute approximate surface area is 165 Å². The van der Waals surface area contributed by atoms with Crippen LogP contribution in [0.4, 0.5) is 0 Å². The van der Waals surface area contributed by atoms with Crippen LogP contribution >= 0.6 is 22.9 Å². The van der Waals surface area contributed by atoms with Gasteiger partial charge in [-0.15, -0.1) is 11.3 Å². The summed E-state index contributed by atoms with van der Waals surface area (Å²) in [7, 11) is 1.56. The third-order valence-corrected chi connectivity index (χ3v) is 5.27. The van der Waals surface area contributed by atoms with E-state index in [1.807, 2.05) is 47.9 Å². The summed E-state index contributed by atoms with van der Waals surface area (Å²) in [6.07, 6.45) is 3.79. The summed E-state index contributed by atoms with van der Waals surface area (Å²) in [4.78, 5) is 19.0. The van der Waals surface area contributed by atoms with Crippen LogP contribution in [0.1, 0.15) is 10.7 Å². The Bertz CT molecular complexity index is 1200. The lowest BCUT2D eigenvalue weighted by Crippen LogP contribution is -2.22. The van der Waals surface area contributed by atoms with Crippen molar-refractivity contribution in [3.05, 3.63) is 86.1 Å². The van der Waals surface area contributed by atoms with Crippen molar-refractivity contribution >= 4 is 46.0 Å². The van der Waals surface area contributed by atoms with Crippen LogP contribution in [-0.4, -0.2) is 16.7 Å². The largest absolute Gasteiger partial charge is 0.495 e. The molecule has 0 fully saturated rings. The average molecular weight is 395 g/mol. The minimum atomic E-state index is -0.146. The maximum atomic E-state index is 13.2. The van der Waals surface area contributed by atoms with Gasteiger partial charge < -0.3 is 4.74 Å². The fraction of sp³-hybridized carbons (Fsp3) is 0.0476. The molecule has 4 aromatic rings. The molecule has 0 aliphatic rings. The maximum Gasteiger partial charge on any atom is 0.266 e. The lowest BCUT2D eigenvalue weighted by molar-refractivity contribution is 0.415. The summed E-state index contributed by atoms with van der Waals surface area (Å²) < 4.78 is 6.78. The molecule has 4 rings (SSSR count). The van der Waals surface area contributed by atoms with Gasteiger partial charge in [-0.05, 0) is 53.9 Å². The monoisotopic (exact) mass is 394 g/mol. The molecule has 4 nitrogen and oxygen atoms in total. The molecule has 27 heavy (non-hydrogen) atoms. The standard InChI is InChI=1S/C21H15ClN2O2S/c1-26-19-10-8-14(13-17(19)22)24-20(11-9-15-5-4-12-27-15)23-18-7-3-2-6-16(18)21(24)25/h2-13H,1H3/b11-9+. The van der Waals surface area contributed by atoms with Crippen LogP contribution < -0.4 is 10.3 Å². The van der Waals surface area contributed by atoms with Crippen LogP contribution in [0, 0.1) is 0 Å². The third-order valence-electron chi connectivity index (χ3n) is 4.14. The molecule has 0 unspecified atom stereocenters. The number of hydrogen-bond donors (Lipinski definition) is 0. The zero-order valence-corrected chi connectivity index (χ0v) is 16.0. The van der Waals surface area contributed by atoms with Crippen molar-refractivity contribution in [1.82, 2.24) is 9.55 Å². The fourth-order valence-electron chi connectivity index (χ4n) is 2.85. The number of hydrogen-bond acceptors (Lipinski definition) is 4. The van der Waals surface area contributed by atoms with Crippen molar-refractivity contribution in [2.24, 2.45) is 0 Å². The number of aromatic nitrogens is 2. The number of benzene rings is 2. The molecule has 0 aliphatic heterocycles. The molecule has 0 saturated carbocycles. The zero-order chi connectivity index (χ0) is 18.8. The van der Waals surface area contributed by atoms with Crippen LogP contribution in [0.15, 0.2) is 64.8 Å². The molecule has 2 heterocycles. The van der Waals surface area contributed by atoms with Gasteiger partial charge in [-0.3, -0.25) is 9.36 Å². The van der Waals surface area contributed by atoms with E-state index in [-0.39, 0.29) is 5.56 Å². The average Bonchev–Trinajstić information content (AvgIpc) is 3.20. The lowest BCUT2D eigenvalue weighted by Gasteiger charge is -2.13. The van der Waals surface area contributed by atoms with Crippen molar-refractivity contribution < 1.29 is 4.74 Å². The molecule has 0 saturated heterocycles. The third kappa shape index (κ3) is 3.39. The Morgan fingerprint density at radius 2 is 1.96 bits per heavy atom. The van der Waals surface area contributed by atoms with Gasteiger partial charge in [0.25, 0.3) is 5.56 Å². The van der Waals surface area contributed by atoms with Crippen LogP contribution in [0.25, 0.3) is 28.7 Å². The van der Waals surface area contributed by atoms with Gasteiger partial charge in [-0.25, -0.2) is 4.98 Å². The molecule has 2 aromatic carbocycles. The van der Waals surface area contributed by atoms with Crippen molar-refractivity contribution in [2.45, 2.75) is 0 Å². The van der Waals surface area contributed by atoms with Gasteiger partial charge in [0.1, 0.15) is 11.6 Å². The molecule has 0 bridgehead atoms. The summed E-state index contributed by atoms with van der Waals surface area (Å²) >= 11 is 7.90. The van der Waals surface area contributed by atoms with Crippen molar-refractivity contribution in [3.8, 4) is 11.4 Å². The molecule has 6 heteroatoms. The molecular formula is C21H15ClN2O2S. The van der Waals surface area contributed by atoms with E-state index in [4.69, 9.17) is 21.3 Å². The number of nitrogens with zero attached hydrogens (tertiary/aromatic N) is 2. The van der Waals surface area contributed by atoms with Gasteiger partial charge in [0.2, 0.25) is 0 Å². The van der Waals surface area contributed by atoms with Gasteiger partial charge in [0.15, 0.2) is 0 Å². The Kier molecular flexibility index (Phi) is 4.79. The SMILES string of the molecule is COc1ccc(-n2c(/C=C/c3cccs3)nc3ccccc3c2=O)cc1Cl. The first kappa shape index (κ1) is 17.5. The molecule has 0 aliphatic carbocycles. The highest BCUT2D eigenvalue weighted by atomic mass is 35.5. The van der Waals surface area contributed by atoms with E-state index in [0.29, 0.717) is 33.2 Å². The summed E-state index contributed by atoms with van der Waals surface area (Å²) in [5.74, 6) is 1.09. The van der Waals surface area contributed by atoms with E-state index in [0.717, 1.165) is 4.88 Å². The van der Waals surface area contributed by atoms with Crippen LogP contribution in [0.3, 0.4) is 0 Å². The number of halogens is 1. The Morgan fingerprint density at radius 1 is 1.11 bits per heavy atom. The first-order valence-electron chi connectivity index (χ1n) is 8.24. The summed E-state index contributed by atoms with van der Waals surface area (Å²) in [5.41, 5.74) is 1.15. The van der Waals surface area contributed by atoms with E-state index >= 15 is 0 Å². The number of methoxy groups -OCH3 is 1. The normalized spacial score (nSPS) is 11.3. The first-order valence-corrected chi connectivity index (χ1v) is 9.50. The van der Waals surface area contributed by atoms with E-state index in [9.17, 15) is 4.79 Å². The van der Waals surface area contributed by atoms with Crippen LogP contribution in [0.2, 0.25) is 5.02 Å². The highest BCUT2D eigenvalue weighted by Crippen LogP contribution is 2.27. The molecule has 0 radical (unpaired) electrons. The van der Waals surface area contributed by atoms with E-state index in [1.165, 1.54) is 0 Å². The van der Waals surface area contributed by atoms with Crippen molar-refractivity contribution in [3.63, 3.8) is 0 Å². The number of para-hydroxylation sites is 1. The van der Waals surface area contributed by atoms with Crippen molar-refractivity contribution in [2.75, 3.05) is 7.11 Å². The Balaban J connectivity index is 1.96. The Hall–Kier alpha value is -2.89. The topological polar surface area (TPSA) is 44.1 Å². The predicted octanol–water partition coefficient (Wildman–Crippen LogP) is 5.28. The Morgan fingerprint density at radius 3 is 2.70 bits per heavy atom. The number of rotatable bonds is 4. The van der Waals surface area contributed by atoms with E-state index in [2.05, 4.69) is 0 Å². The molecular weight excluding hydrogens is 380 g/mol. The molecule has 0 amide bonds. The number of ether oxygens (including phenoxy) is 1. The second-order valence-electron chi connectivity index (χ2n) is 5.80. The summed E-state index contributed by atoms with van der Waals surface area (Å²) in [5, 5.41) is 2.99. The fourth-order valence-corrected chi connectivity index (χ4v) is 3.72. The second-order valence-corrected chi connectivity index (χ2v) is 7.18. The smallest absolute Gasteiger partial charge is 0.266 e. The van der Waals surface area contributed by atoms with Crippen LogP contribution in [-0.2, 0) is 0 Å². The zero-order valence-electron chi connectivity index (χ0n) is 14.4. The van der Waals surface area contributed by atoms with Gasteiger partial charge in [-0.1, -0.05) is 29.8 Å². The highest BCUT2D eigenvalue weighted by molar-refractivity contribution is 7.10. The molecule has 0 atom stereocenters. The van der Waals surface area contributed by atoms with Gasteiger partial charge in [0.05, 0.1) is 28.7 Å². The molecule has 2 aromatic heterocycles. The first-order chi connectivity index (χ1) is 13.2. The van der Waals surface area contributed by atoms with Crippen molar-refractivity contribution in [1.29, 1.82) is 0 Å². The summed E-state index contributed by atoms with van der Waals surface area (Å²) in [6.45, 7) is 0. The number of thiophene rings is 1. The van der Waals surface area contributed by atoms with Gasteiger partial charge >= 0.3 is 0 Å². The maximum absolute atomic E-state index is 13.2. The lowest BCUT2D eigenvalue weighted by atomic mass is 10.2.